The first kappa shape index (κ1) is 16.0. The lowest BCUT2D eigenvalue weighted by molar-refractivity contribution is -0.136. The van der Waals surface area contributed by atoms with Gasteiger partial charge in [0, 0.05) is 0 Å². The van der Waals surface area contributed by atoms with Gasteiger partial charge in [0.05, 0.1) is 5.92 Å². The Hall–Kier alpha value is -1.87. The van der Waals surface area contributed by atoms with Gasteiger partial charge in [0.25, 0.3) is 5.97 Å². The summed E-state index contributed by atoms with van der Waals surface area (Å²) in [5.74, 6) is 0.0935. The zero-order chi connectivity index (χ0) is 16.5. The van der Waals surface area contributed by atoms with Crippen molar-refractivity contribution in [3.05, 3.63) is 60.7 Å². The summed E-state index contributed by atoms with van der Waals surface area (Å²) in [4.78, 5) is 12.6. The summed E-state index contributed by atoms with van der Waals surface area (Å²) in [5.41, 5.74) is 0. The average molecular weight is 324 g/mol. The van der Waals surface area contributed by atoms with Crippen LogP contribution in [-0.4, -0.2) is 14.3 Å². The predicted octanol–water partition coefficient (Wildman–Crippen LogP) is 3.50. The molecular weight excluding hydrogens is 300 g/mol. The van der Waals surface area contributed by atoms with E-state index in [-0.39, 0.29) is 16.9 Å². The van der Waals surface area contributed by atoms with Gasteiger partial charge in [0.15, 0.2) is 0 Å². The highest BCUT2D eigenvalue weighted by Gasteiger charge is 2.54. The van der Waals surface area contributed by atoms with E-state index in [0.29, 0.717) is 0 Å². The highest BCUT2D eigenvalue weighted by Crippen LogP contribution is 2.39. The van der Waals surface area contributed by atoms with E-state index in [9.17, 15) is 4.79 Å². The van der Waals surface area contributed by atoms with Crippen LogP contribution in [0.4, 0.5) is 0 Å². The summed E-state index contributed by atoms with van der Waals surface area (Å²) in [5, 5.41) is 2.18. The largest absolute Gasteiger partial charge is 0.509 e. The van der Waals surface area contributed by atoms with Gasteiger partial charge < -0.3 is 4.43 Å². The Bertz CT molecular complexity index is 630. The van der Waals surface area contributed by atoms with Gasteiger partial charge in [0.2, 0.25) is 0 Å². The number of carbonyl (C=O) groups excluding carboxylic acids is 1. The standard InChI is InChI=1S/C20H24O2Si/c1-20(2,3)23(17-10-6-4-7-11-17,18-12-8-5-9-13-18)22-19(21)16-14-15-16/h4-13,16H,14-15H2,1-3H3. The van der Waals surface area contributed by atoms with Crippen molar-refractivity contribution in [1.82, 2.24) is 0 Å². The molecule has 1 fully saturated rings. The summed E-state index contributed by atoms with van der Waals surface area (Å²) in [6.07, 6.45) is 1.94. The second-order valence-electron chi connectivity index (χ2n) is 7.36. The van der Waals surface area contributed by atoms with E-state index in [1.165, 1.54) is 0 Å². The Morgan fingerprint density at radius 2 is 1.35 bits per heavy atom. The zero-order valence-electron chi connectivity index (χ0n) is 14.1. The molecule has 0 spiro atoms. The molecule has 0 N–H and O–H groups in total. The third-order valence-corrected chi connectivity index (χ3v) is 9.49. The summed E-state index contributed by atoms with van der Waals surface area (Å²) in [6, 6.07) is 20.6. The van der Waals surface area contributed by atoms with Crippen molar-refractivity contribution < 1.29 is 9.22 Å². The molecule has 0 heterocycles. The van der Waals surface area contributed by atoms with Crippen LogP contribution in [0.5, 0.6) is 0 Å². The van der Waals surface area contributed by atoms with Crippen molar-refractivity contribution in [2.45, 2.75) is 38.7 Å². The Balaban J connectivity index is 2.18. The van der Waals surface area contributed by atoms with E-state index in [1.54, 1.807) is 0 Å². The van der Waals surface area contributed by atoms with Crippen LogP contribution < -0.4 is 10.4 Å². The monoisotopic (exact) mass is 324 g/mol. The maximum absolute atomic E-state index is 12.6. The molecule has 0 aliphatic heterocycles. The topological polar surface area (TPSA) is 26.3 Å². The van der Waals surface area contributed by atoms with E-state index in [1.807, 2.05) is 36.4 Å². The van der Waals surface area contributed by atoms with E-state index < -0.39 is 8.32 Å². The van der Waals surface area contributed by atoms with E-state index in [2.05, 4.69) is 45.0 Å². The van der Waals surface area contributed by atoms with Gasteiger partial charge >= 0.3 is 8.32 Å². The lowest BCUT2D eigenvalue weighted by Gasteiger charge is -2.42. The Morgan fingerprint density at radius 3 is 1.70 bits per heavy atom. The first-order chi connectivity index (χ1) is 10.9. The van der Waals surface area contributed by atoms with Crippen molar-refractivity contribution in [1.29, 1.82) is 0 Å². The highest BCUT2D eigenvalue weighted by atomic mass is 28.4. The molecule has 0 radical (unpaired) electrons. The minimum atomic E-state index is -2.68. The average Bonchev–Trinajstić information content (AvgIpc) is 3.38. The first-order valence-electron chi connectivity index (χ1n) is 8.29. The van der Waals surface area contributed by atoms with Crippen molar-refractivity contribution in [3.8, 4) is 0 Å². The van der Waals surface area contributed by atoms with Crippen molar-refractivity contribution in [3.63, 3.8) is 0 Å². The molecule has 3 heteroatoms. The molecule has 3 rings (SSSR count). The number of benzene rings is 2. The van der Waals surface area contributed by atoms with Crippen LogP contribution in [0.25, 0.3) is 0 Å². The highest BCUT2D eigenvalue weighted by molar-refractivity contribution is 7.00. The van der Waals surface area contributed by atoms with Gasteiger partial charge in [-0.25, -0.2) is 0 Å². The number of carbonyl (C=O) groups is 1. The van der Waals surface area contributed by atoms with Gasteiger partial charge in [-0.3, -0.25) is 4.79 Å². The van der Waals surface area contributed by atoms with Crippen LogP contribution in [0.1, 0.15) is 33.6 Å². The minimum Gasteiger partial charge on any atom is -0.509 e. The molecule has 1 saturated carbocycles. The number of rotatable bonds is 4. The van der Waals surface area contributed by atoms with E-state index in [4.69, 9.17) is 4.43 Å². The van der Waals surface area contributed by atoms with Gasteiger partial charge in [0.1, 0.15) is 0 Å². The summed E-state index contributed by atoms with van der Waals surface area (Å²) in [7, 11) is -2.68. The molecule has 0 saturated heterocycles. The molecule has 1 aliphatic rings. The molecule has 0 amide bonds. The normalized spacial score (nSPS) is 15.3. The molecule has 0 unspecified atom stereocenters. The number of hydrogen-bond acceptors (Lipinski definition) is 2. The third kappa shape index (κ3) is 2.98. The molecule has 2 aromatic rings. The Morgan fingerprint density at radius 1 is 0.913 bits per heavy atom. The van der Waals surface area contributed by atoms with Crippen LogP contribution in [0, 0.1) is 5.92 Å². The van der Waals surface area contributed by atoms with Crippen LogP contribution in [0.3, 0.4) is 0 Å². The molecule has 0 aromatic heterocycles. The molecule has 2 aromatic carbocycles. The van der Waals surface area contributed by atoms with Gasteiger partial charge in [-0.1, -0.05) is 81.4 Å². The molecule has 23 heavy (non-hydrogen) atoms. The van der Waals surface area contributed by atoms with Crippen LogP contribution in [0.2, 0.25) is 5.04 Å². The third-order valence-electron chi connectivity index (χ3n) is 4.58. The lowest BCUT2D eigenvalue weighted by Crippen LogP contribution is -2.67. The quantitative estimate of drug-likeness (QED) is 0.805. The molecular formula is C20H24O2Si. The molecule has 1 aliphatic carbocycles. The Kier molecular flexibility index (Phi) is 4.15. The molecule has 2 nitrogen and oxygen atoms in total. The maximum Gasteiger partial charge on any atom is 0.323 e. The molecule has 0 atom stereocenters. The summed E-state index contributed by atoms with van der Waals surface area (Å²) < 4.78 is 6.40. The van der Waals surface area contributed by atoms with E-state index in [0.717, 1.165) is 23.2 Å². The predicted molar refractivity (Wildman–Crippen MR) is 96.4 cm³/mol. The molecule has 120 valence electrons. The SMILES string of the molecule is CC(C)(C)[Si](OC(=O)C1CC1)(c1ccccc1)c1ccccc1. The fourth-order valence-electron chi connectivity index (χ4n) is 3.20. The summed E-state index contributed by atoms with van der Waals surface area (Å²) in [6.45, 7) is 6.58. The Labute approximate surface area is 139 Å². The van der Waals surface area contributed by atoms with Gasteiger partial charge in [-0.15, -0.1) is 0 Å². The maximum atomic E-state index is 12.6. The minimum absolute atomic E-state index is 0.0145. The summed E-state index contributed by atoms with van der Waals surface area (Å²) >= 11 is 0. The van der Waals surface area contributed by atoms with Crippen LogP contribution in [0.15, 0.2) is 60.7 Å². The van der Waals surface area contributed by atoms with Gasteiger partial charge in [-0.2, -0.15) is 0 Å². The van der Waals surface area contributed by atoms with Crippen LogP contribution >= 0.6 is 0 Å². The number of hydrogen-bond donors (Lipinski definition) is 0. The second-order valence-corrected chi connectivity index (χ2v) is 11.6. The zero-order valence-corrected chi connectivity index (χ0v) is 15.1. The van der Waals surface area contributed by atoms with Gasteiger partial charge in [-0.05, 0) is 28.3 Å². The first-order valence-corrected chi connectivity index (χ1v) is 10.2. The fraction of sp³-hybridized carbons (Fsp3) is 0.350. The second kappa shape index (κ2) is 5.97. The van der Waals surface area contributed by atoms with Crippen molar-refractivity contribution in [2.24, 2.45) is 5.92 Å². The smallest absolute Gasteiger partial charge is 0.323 e. The molecule has 0 bridgehead atoms. The van der Waals surface area contributed by atoms with Crippen molar-refractivity contribution >= 4 is 24.7 Å². The van der Waals surface area contributed by atoms with Crippen LogP contribution in [-0.2, 0) is 9.22 Å². The van der Waals surface area contributed by atoms with E-state index >= 15 is 0 Å². The fourth-order valence-corrected chi connectivity index (χ4v) is 7.60. The lowest BCUT2D eigenvalue weighted by atomic mass is 10.2. The van der Waals surface area contributed by atoms with Crippen molar-refractivity contribution in [2.75, 3.05) is 0 Å².